The Bertz CT molecular complexity index is 1070. The van der Waals surface area contributed by atoms with Crippen molar-refractivity contribution in [3.8, 4) is 11.3 Å². The number of rotatable bonds is 6. The van der Waals surface area contributed by atoms with Crippen molar-refractivity contribution in [3.05, 3.63) is 96.3 Å². The first kappa shape index (κ1) is 17.9. The molecule has 1 amide bonds. The number of benzene rings is 2. The zero-order valence-corrected chi connectivity index (χ0v) is 15.4. The molecule has 140 valence electrons. The number of aliphatic hydroxyl groups excluding tert-OH is 1. The number of hydrogen-bond donors (Lipinski definition) is 1. The van der Waals surface area contributed by atoms with Gasteiger partial charge in [-0.05, 0) is 17.7 Å². The predicted molar refractivity (Wildman–Crippen MR) is 109 cm³/mol. The molecule has 0 saturated carbocycles. The summed E-state index contributed by atoms with van der Waals surface area (Å²) in [4.78, 5) is 19.3. The molecular weight excluding hydrogens is 350 g/mol. The van der Waals surface area contributed by atoms with Gasteiger partial charge in [-0.2, -0.15) is 0 Å². The largest absolute Gasteiger partial charge is 0.395 e. The van der Waals surface area contributed by atoms with Crippen molar-refractivity contribution in [3.63, 3.8) is 0 Å². The first-order valence-electron chi connectivity index (χ1n) is 9.23. The van der Waals surface area contributed by atoms with E-state index in [4.69, 9.17) is 0 Å². The fraction of sp³-hybridized carbons (Fsp3) is 0.130. The lowest BCUT2D eigenvalue weighted by molar-refractivity contribution is 0.0707. The highest BCUT2D eigenvalue weighted by atomic mass is 16.3. The molecule has 4 aromatic rings. The molecule has 2 heterocycles. The third kappa shape index (κ3) is 3.80. The van der Waals surface area contributed by atoms with Gasteiger partial charge < -0.3 is 14.4 Å². The fourth-order valence-electron chi connectivity index (χ4n) is 3.23. The molecule has 5 nitrogen and oxygen atoms in total. The molecule has 2 aromatic heterocycles. The number of amides is 1. The lowest BCUT2D eigenvalue weighted by Crippen LogP contribution is -2.33. The summed E-state index contributed by atoms with van der Waals surface area (Å²) in [6.07, 6.45) is 3.72. The zero-order valence-electron chi connectivity index (χ0n) is 15.4. The van der Waals surface area contributed by atoms with Crippen molar-refractivity contribution < 1.29 is 9.90 Å². The van der Waals surface area contributed by atoms with Gasteiger partial charge >= 0.3 is 0 Å². The molecule has 5 heteroatoms. The van der Waals surface area contributed by atoms with Crippen molar-refractivity contribution >= 4 is 11.6 Å². The fourth-order valence-corrected chi connectivity index (χ4v) is 3.23. The first-order valence-corrected chi connectivity index (χ1v) is 9.23. The SMILES string of the molecule is O=C(c1ccc2nc(-c3ccccc3)cn2c1)N(CCO)Cc1ccccc1. The molecule has 0 unspecified atom stereocenters. The lowest BCUT2D eigenvalue weighted by atomic mass is 10.2. The van der Waals surface area contributed by atoms with Gasteiger partial charge in [-0.3, -0.25) is 4.79 Å². The van der Waals surface area contributed by atoms with Gasteiger partial charge in [0.2, 0.25) is 0 Å². The summed E-state index contributed by atoms with van der Waals surface area (Å²) in [7, 11) is 0. The van der Waals surface area contributed by atoms with Gasteiger partial charge in [0.25, 0.3) is 5.91 Å². The summed E-state index contributed by atoms with van der Waals surface area (Å²) in [5.74, 6) is -0.116. The molecule has 2 aromatic carbocycles. The number of hydrogen-bond acceptors (Lipinski definition) is 3. The van der Waals surface area contributed by atoms with E-state index < -0.39 is 0 Å². The molecule has 0 radical (unpaired) electrons. The molecule has 0 saturated heterocycles. The van der Waals surface area contributed by atoms with Crippen LogP contribution in [-0.4, -0.2) is 38.4 Å². The van der Waals surface area contributed by atoms with E-state index in [1.54, 1.807) is 17.2 Å². The second kappa shape index (κ2) is 8.06. The van der Waals surface area contributed by atoms with Crippen LogP contribution < -0.4 is 0 Å². The molecule has 4 rings (SSSR count). The zero-order chi connectivity index (χ0) is 19.3. The molecule has 0 aliphatic rings. The monoisotopic (exact) mass is 371 g/mol. The van der Waals surface area contributed by atoms with E-state index in [1.165, 1.54) is 0 Å². The maximum atomic E-state index is 13.0. The van der Waals surface area contributed by atoms with Crippen molar-refractivity contribution in [1.29, 1.82) is 0 Å². The maximum absolute atomic E-state index is 13.0. The van der Waals surface area contributed by atoms with Crippen LogP contribution in [0.4, 0.5) is 0 Å². The average Bonchev–Trinajstić information content (AvgIpc) is 3.18. The van der Waals surface area contributed by atoms with Crippen LogP contribution in [0.3, 0.4) is 0 Å². The van der Waals surface area contributed by atoms with Gasteiger partial charge in [0.15, 0.2) is 0 Å². The minimum Gasteiger partial charge on any atom is -0.395 e. The minimum absolute atomic E-state index is 0.0793. The molecule has 0 bridgehead atoms. The Morgan fingerprint density at radius 1 is 0.929 bits per heavy atom. The Labute approximate surface area is 163 Å². The van der Waals surface area contributed by atoms with Crippen LogP contribution in [0, 0.1) is 0 Å². The van der Waals surface area contributed by atoms with E-state index in [2.05, 4.69) is 4.98 Å². The van der Waals surface area contributed by atoms with E-state index in [1.807, 2.05) is 77.3 Å². The number of carbonyl (C=O) groups excluding carboxylic acids is 1. The van der Waals surface area contributed by atoms with Crippen LogP contribution in [-0.2, 0) is 6.54 Å². The topological polar surface area (TPSA) is 57.8 Å². The average molecular weight is 371 g/mol. The summed E-state index contributed by atoms with van der Waals surface area (Å²) >= 11 is 0. The Hall–Kier alpha value is -3.44. The van der Waals surface area contributed by atoms with Crippen LogP contribution in [0.15, 0.2) is 85.2 Å². The molecule has 0 spiro atoms. The van der Waals surface area contributed by atoms with Gasteiger partial charge in [-0.25, -0.2) is 4.98 Å². The van der Waals surface area contributed by atoms with Gasteiger partial charge in [-0.1, -0.05) is 60.7 Å². The predicted octanol–water partition coefficient (Wildman–Crippen LogP) is 3.64. The number of aliphatic hydroxyl groups is 1. The molecule has 28 heavy (non-hydrogen) atoms. The summed E-state index contributed by atoms with van der Waals surface area (Å²) in [5, 5.41) is 9.40. The summed E-state index contributed by atoms with van der Waals surface area (Å²) < 4.78 is 1.87. The molecule has 0 aliphatic heterocycles. The quantitative estimate of drug-likeness (QED) is 0.563. The smallest absolute Gasteiger partial charge is 0.255 e. The molecular formula is C23H21N3O2. The van der Waals surface area contributed by atoms with Crippen LogP contribution >= 0.6 is 0 Å². The summed E-state index contributed by atoms with van der Waals surface area (Å²) in [6.45, 7) is 0.659. The Morgan fingerprint density at radius 2 is 1.64 bits per heavy atom. The Morgan fingerprint density at radius 3 is 2.36 bits per heavy atom. The third-order valence-electron chi connectivity index (χ3n) is 4.64. The van der Waals surface area contributed by atoms with Crippen LogP contribution in [0.2, 0.25) is 0 Å². The van der Waals surface area contributed by atoms with Crippen LogP contribution in [0.1, 0.15) is 15.9 Å². The number of nitrogens with zero attached hydrogens (tertiary/aromatic N) is 3. The summed E-state index contributed by atoms with van der Waals surface area (Å²) in [5.41, 5.74) is 4.27. The van der Waals surface area contributed by atoms with Crippen LogP contribution in [0.5, 0.6) is 0 Å². The number of fused-ring (bicyclic) bond motifs is 1. The Kier molecular flexibility index (Phi) is 5.17. The number of carbonyl (C=O) groups is 1. The molecule has 0 atom stereocenters. The van der Waals surface area contributed by atoms with Crippen molar-refractivity contribution in [2.75, 3.05) is 13.2 Å². The molecule has 0 aliphatic carbocycles. The number of pyridine rings is 1. The van der Waals surface area contributed by atoms with E-state index in [0.29, 0.717) is 12.1 Å². The van der Waals surface area contributed by atoms with Gasteiger partial charge in [0.05, 0.1) is 17.9 Å². The van der Waals surface area contributed by atoms with Crippen molar-refractivity contribution in [2.24, 2.45) is 0 Å². The molecule has 1 N–H and O–H groups in total. The second-order valence-corrected chi connectivity index (χ2v) is 6.61. The van der Waals surface area contributed by atoms with Gasteiger partial charge in [-0.15, -0.1) is 0 Å². The number of imidazole rings is 1. The highest BCUT2D eigenvalue weighted by Gasteiger charge is 2.17. The van der Waals surface area contributed by atoms with Crippen LogP contribution in [0.25, 0.3) is 16.9 Å². The van der Waals surface area contributed by atoms with E-state index in [0.717, 1.165) is 22.5 Å². The van der Waals surface area contributed by atoms with E-state index in [9.17, 15) is 9.90 Å². The highest BCUT2D eigenvalue weighted by molar-refractivity contribution is 5.94. The Balaban J connectivity index is 1.62. The first-order chi connectivity index (χ1) is 13.7. The number of aromatic nitrogens is 2. The highest BCUT2D eigenvalue weighted by Crippen LogP contribution is 2.20. The lowest BCUT2D eigenvalue weighted by Gasteiger charge is -2.22. The third-order valence-corrected chi connectivity index (χ3v) is 4.64. The molecule has 0 fully saturated rings. The van der Waals surface area contributed by atoms with E-state index >= 15 is 0 Å². The standard InChI is InChI=1S/C23H21N3O2/c27-14-13-25(15-18-7-3-1-4-8-18)23(28)20-11-12-22-24-21(17-26(22)16-20)19-9-5-2-6-10-19/h1-12,16-17,27H,13-15H2. The van der Waals surface area contributed by atoms with Gasteiger partial charge in [0, 0.05) is 31.0 Å². The van der Waals surface area contributed by atoms with E-state index in [-0.39, 0.29) is 19.1 Å². The normalized spacial score (nSPS) is 10.9. The van der Waals surface area contributed by atoms with Crippen molar-refractivity contribution in [2.45, 2.75) is 6.54 Å². The van der Waals surface area contributed by atoms with Crippen molar-refractivity contribution in [1.82, 2.24) is 14.3 Å². The second-order valence-electron chi connectivity index (χ2n) is 6.61. The maximum Gasteiger partial charge on any atom is 0.255 e. The van der Waals surface area contributed by atoms with Gasteiger partial charge in [0.1, 0.15) is 5.65 Å². The minimum atomic E-state index is -0.116. The summed E-state index contributed by atoms with van der Waals surface area (Å²) in [6, 6.07) is 23.4.